The van der Waals surface area contributed by atoms with Gasteiger partial charge < -0.3 is 10.1 Å². The van der Waals surface area contributed by atoms with E-state index in [9.17, 15) is 14.0 Å². The molecule has 0 aliphatic heterocycles. The maximum absolute atomic E-state index is 13.7. The molecule has 1 aromatic heterocycles. The smallest absolute Gasteiger partial charge is 0.337 e. The molecule has 1 heterocycles. The summed E-state index contributed by atoms with van der Waals surface area (Å²) < 4.78 is 18.2. The van der Waals surface area contributed by atoms with Crippen molar-refractivity contribution in [2.45, 2.75) is 0 Å². The zero-order chi connectivity index (χ0) is 15.4. The Labute approximate surface area is 123 Å². The predicted octanol–water partition coefficient (Wildman–Crippen LogP) is 2.31. The number of carbonyl (C=O) groups excluding carboxylic acids is 2. The minimum Gasteiger partial charge on any atom is -0.465 e. The molecule has 0 saturated carbocycles. The van der Waals surface area contributed by atoms with E-state index < -0.39 is 17.7 Å². The highest BCUT2D eigenvalue weighted by atomic mass is 35.5. The molecule has 0 atom stereocenters. The SMILES string of the molecule is COC(=O)c1ccc(F)c(NC(=O)c2cncc(Cl)n2)c1. The number of methoxy groups -OCH3 is 1. The standard InChI is InChI=1S/C13H9ClFN3O3/c1-21-13(20)7-2-3-8(15)9(4-7)18-12(19)10-5-16-6-11(14)17-10/h2-6H,1H3,(H,18,19). The summed E-state index contributed by atoms with van der Waals surface area (Å²) in [4.78, 5) is 30.7. The van der Waals surface area contributed by atoms with Gasteiger partial charge in [-0.2, -0.15) is 0 Å². The molecule has 0 saturated heterocycles. The fraction of sp³-hybridized carbons (Fsp3) is 0.0769. The number of aromatic nitrogens is 2. The topological polar surface area (TPSA) is 81.2 Å². The van der Waals surface area contributed by atoms with E-state index in [1.807, 2.05) is 0 Å². The van der Waals surface area contributed by atoms with Crippen molar-refractivity contribution in [2.75, 3.05) is 12.4 Å². The van der Waals surface area contributed by atoms with E-state index >= 15 is 0 Å². The maximum atomic E-state index is 13.7. The first-order valence-corrected chi connectivity index (χ1v) is 6.06. The highest BCUT2D eigenvalue weighted by Crippen LogP contribution is 2.17. The van der Waals surface area contributed by atoms with Crippen molar-refractivity contribution in [1.82, 2.24) is 9.97 Å². The molecule has 0 aliphatic carbocycles. The molecule has 0 radical (unpaired) electrons. The minimum atomic E-state index is -0.703. The van der Waals surface area contributed by atoms with Crippen LogP contribution in [0.15, 0.2) is 30.6 Å². The van der Waals surface area contributed by atoms with Crippen LogP contribution < -0.4 is 5.32 Å². The third kappa shape index (κ3) is 3.51. The van der Waals surface area contributed by atoms with Crippen molar-refractivity contribution < 1.29 is 18.7 Å². The van der Waals surface area contributed by atoms with Crippen molar-refractivity contribution >= 4 is 29.2 Å². The van der Waals surface area contributed by atoms with E-state index in [4.69, 9.17) is 11.6 Å². The van der Waals surface area contributed by atoms with Crippen LogP contribution in [-0.4, -0.2) is 29.0 Å². The number of hydrogen-bond acceptors (Lipinski definition) is 5. The van der Waals surface area contributed by atoms with Gasteiger partial charge in [0.05, 0.1) is 30.8 Å². The van der Waals surface area contributed by atoms with E-state index in [2.05, 4.69) is 20.0 Å². The van der Waals surface area contributed by atoms with Crippen molar-refractivity contribution in [3.05, 3.63) is 52.8 Å². The Morgan fingerprint density at radius 3 is 2.76 bits per heavy atom. The highest BCUT2D eigenvalue weighted by Gasteiger charge is 2.14. The lowest BCUT2D eigenvalue weighted by atomic mass is 10.2. The predicted molar refractivity (Wildman–Crippen MR) is 72.7 cm³/mol. The Hall–Kier alpha value is -2.54. The third-order valence-electron chi connectivity index (χ3n) is 2.47. The van der Waals surface area contributed by atoms with Crippen LogP contribution >= 0.6 is 11.6 Å². The van der Waals surface area contributed by atoms with Gasteiger partial charge in [0.1, 0.15) is 16.7 Å². The number of benzene rings is 1. The van der Waals surface area contributed by atoms with Gasteiger partial charge in [-0.25, -0.2) is 14.2 Å². The summed E-state index contributed by atoms with van der Waals surface area (Å²) in [6.45, 7) is 0. The molecule has 1 N–H and O–H groups in total. The number of rotatable bonds is 3. The van der Waals surface area contributed by atoms with Gasteiger partial charge in [-0.05, 0) is 18.2 Å². The summed E-state index contributed by atoms with van der Waals surface area (Å²) in [5.41, 5.74) is -0.151. The molecule has 6 nitrogen and oxygen atoms in total. The van der Waals surface area contributed by atoms with Gasteiger partial charge in [0.15, 0.2) is 0 Å². The Balaban J connectivity index is 2.26. The third-order valence-corrected chi connectivity index (χ3v) is 2.66. The fourth-order valence-electron chi connectivity index (χ4n) is 1.50. The molecular weight excluding hydrogens is 301 g/mol. The first-order valence-electron chi connectivity index (χ1n) is 5.68. The van der Waals surface area contributed by atoms with E-state index in [1.165, 1.54) is 25.6 Å². The summed E-state index contributed by atoms with van der Waals surface area (Å²) in [7, 11) is 1.20. The van der Waals surface area contributed by atoms with Crippen LogP contribution in [0.1, 0.15) is 20.8 Å². The molecule has 0 bridgehead atoms. The Kier molecular flexibility index (Phi) is 4.44. The minimum absolute atomic E-state index is 0.0337. The highest BCUT2D eigenvalue weighted by molar-refractivity contribution is 6.29. The number of esters is 1. The van der Waals surface area contributed by atoms with E-state index in [-0.39, 0.29) is 22.1 Å². The van der Waals surface area contributed by atoms with Crippen LogP contribution in [0.25, 0.3) is 0 Å². The molecule has 1 aromatic carbocycles. The molecule has 2 rings (SSSR count). The summed E-state index contributed by atoms with van der Waals surface area (Å²) in [6.07, 6.45) is 2.44. The molecule has 0 unspecified atom stereocenters. The second-order valence-electron chi connectivity index (χ2n) is 3.87. The molecule has 21 heavy (non-hydrogen) atoms. The van der Waals surface area contributed by atoms with E-state index in [0.717, 1.165) is 12.1 Å². The van der Waals surface area contributed by atoms with Crippen molar-refractivity contribution in [2.24, 2.45) is 0 Å². The van der Waals surface area contributed by atoms with Gasteiger partial charge in [-0.15, -0.1) is 0 Å². The van der Waals surface area contributed by atoms with Crippen LogP contribution in [0, 0.1) is 5.82 Å². The second-order valence-corrected chi connectivity index (χ2v) is 4.25. The van der Waals surface area contributed by atoms with Gasteiger partial charge >= 0.3 is 5.97 Å². The van der Waals surface area contributed by atoms with Gasteiger partial charge in [0, 0.05) is 0 Å². The number of nitrogens with zero attached hydrogens (tertiary/aromatic N) is 2. The Bertz CT molecular complexity index is 709. The average Bonchev–Trinajstić information content (AvgIpc) is 2.48. The van der Waals surface area contributed by atoms with Gasteiger partial charge in [0.25, 0.3) is 5.91 Å². The molecule has 0 aliphatic rings. The number of anilines is 1. The Morgan fingerprint density at radius 2 is 2.10 bits per heavy atom. The lowest BCUT2D eigenvalue weighted by molar-refractivity contribution is 0.0600. The molecule has 0 spiro atoms. The first kappa shape index (κ1) is 14.9. The Morgan fingerprint density at radius 1 is 1.33 bits per heavy atom. The summed E-state index contributed by atoms with van der Waals surface area (Å²) >= 11 is 5.62. The summed E-state index contributed by atoms with van der Waals surface area (Å²) in [6, 6.07) is 3.46. The molecular formula is C13H9ClFN3O3. The maximum Gasteiger partial charge on any atom is 0.337 e. The van der Waals surface area contributed by atoms with Gasteiger partial charge in [-0.1, -0.05) is 11.6 Å². The van der Waals surface area contributed by atoms with Crippen molar-refractivity contribution in [1.29, 1.82) is 0 Å². The monoisotopic (exact) mass is 309 g/mol. The number of ether oxygens (including phenoxy) is 1. The number of carbonyl (C=O) groups is 2. The van der Waals surface area contributed by atoms with E-state index in [1.54, 1.807) is 0 Å². The number of amides is 1. The van der Waals surface area contributed by atoms with Crippen LogP contribution in [0.3, 0.4) is 0 Å². The summed E-state index contributed by atoms with van der Waals surface area (Å²) in [5, 5.41) is 2.32. The van der Waals surface area contributed by atoms with Crippen molar-refractivity contribution in [3.8, 4) is 0 Å². The van der Waals surface area contributed by atoms with Crippen LogP contribution in [0.4, 0.5) is 10.1 Å². The van der Waals surface area contributed by atoms with Crippen LogP contribution in [0.5, 0.6) is 0 Å². The zero-order valence-corrected chi connectivity index (χ0v) is 11.5. The van der Waals surface area contributed by atoms with Crippen LogP contribution in [0.2, 0.25) is 5.15 Å². The van der Waals surface area contributed by atoms with Gasteiger partial charge in [-0.3, -0.25) is 9.78 Å². The fourth-order valence-corrected chi connectivity index (χ4v) is 1.65. The zero-order valence-electron chi connectivity index (χ0n) is 10.8. The number of hydrogen-bond donors (Lipinski definition) is 1. The van der Waals surface area contributed by atoms with E-state index in [0.29, 0.717) is 0 Å². The van der Waals surface area contributed by atoms with Crippen molar-refractivity contribution in [3.63, 3.8) is 0 Å². The largest absolute Gasteiger partial charge is 0.465 e. The number of halogens is 2. The lowest BCUT2D eigenvalue weighted by Crippen LogP contribution is -2.15. The molecule has 2 aromatic rings. The second kappa shape index (κ2) is 6.27. The molecule has 0 fully saturated rings. The van der Waals surface area contributed by atoms with Gasteiger partial charge in [0.2, 0.25) is 0 Å². The lowest BCUT2D eigenvalue weighted by Gasteiger charge is -2.07. The first-order chi connectivity index (χ1) is 10.0. The number of nitrogens with one attached hydrogen (secondary N) is 1. The molecule has 1 amide bonds. The average molecular weight is 310 g/mol. The van der Waals surface area contributed by atoms with Crippen LogP contribution in [-0.2, 0) is 4.74 Å². The summed E-state index contributed by atoms with van der Waals surface area (Å²) in [5.74, 6) is -2.05. The normalized spacial score (nSPS) is 10.0. The quantitative estimate of drug-likeness (QED) is 0.880. The molecule has 8 heteroatoms. The molecule has 108 valence electrons.